The topological polar surface area (TPSA) is 46.5 Å². The van der Waals surface area contributed by atoms with Crippen molar-refractivity contribution in [3.05, 3.63) is 35.4 Å². The molecule has 0 saturated carbocycles. The summed E-state index contributed by atoms with van der Waals surface area (Å²) in [5.74, 6) is 0. The third-order valence-corrected chi connectivity index (χ3v) is 2.84. The second-order valence-corrected chi connectivity index (χ2v) is 4.90. The molecule has 0 spiro atoms. The van der Waals surface area contributed by atoms with Crippen molar-refractivity contribution in [2.75, 3.05) is 0 Å². The standard InChI is InChI=1S/C9H5F6NO2S/c10-8(11,12)7-3-1-6(2-4-7)5-16-19(17,18)9(13,14)15/h1-5H/b16-5+. The predicted octanol–water partition coefficient (Wildman–Crippen LogP) is 2.97. The molecular weight excluding hydrogens is 300 g/mol. The molecule has 0 aromatic heterocycles. The molecule has 19 heavy (non-hydrogen) atoms. The van der Waals surface area contributed by atoms with E-state index in [0.717, 1.165) is 12.1 Å². The number of sulfonamides is 1. The molecule has 0 unspecified atom stereocenters. The van der Waals surface area contributed by atoms with E-state index < -0.39 is 27.3 Å². The minimum atomic E-state index is -5.69. The molecule has 0 amide bonds. The van der Waals surface area contributed by atoms with Gasteiger partial charge in [-0.2, -0.15) is 39.2 Å². The highest BCUT2D eigenvalue weighted by molar-refractivity contribution is 7.91. The molecule has 0 N–H and O–H groups in total. The maximum absolute atomic E-state index is 12.2. The third-order valence-electron chi connectivity index (χ3n) is 1.87. The summed E-state index contributed by atoms with van der Waals surface area (Å²) in [6, 6.07) is 2.81. The van der Waals surface area contributed by atoms with Crippen LogP contribution in [0, 0.1) is 0 Å². The van der Waals surface area contributed by atoms with E-state index >= 15 is 0 Å². The van der Waals surface area contributed by atoms with E-state index in [4.69, 9.17) is 0 Å². The molecular formula is C9H5F6NO2S. The van der Waals surface area contributed by atoms with Crippen molar-refractivity contribution < 1.29 is 34.8 Å². The molecule has 0 bridgehead atoms. The van der Waals surface area contributed by atoms with Gasteiger partial charge in [0.05, 0.1) is 5.56 Å². The predicted molar refractivity (Wildman–Crippen MR) is 54.0 cm³/mol. The van der Waals surface area contributed by atoms with E-state index in [1.54, 1.807) is 0 Å². The zero-order chi connectivity index (χ0) is 14.9. The van der Waals surface area contributed by atoms with E-state index in [9.17, 15) is 34.8 Å². The Kier molecular flexibility index (Phi) is 3.94. The lowest BCUT2D eigenvalue weighted by Crippen LogP contribution is -2.20. The van der Waals surface area contributed by atoms with Gasteiger partial charge in [-0.25, -0.2) is 0 Å². The van der Waals surface area contributed by atoms with Gasteiger partial charge in [-0.05, 0) is 17.7 Å². The fourth-order valence-electron chi connectivity index (χ4n) is 0.948. The first-order valence-electron chi connectivity index (χ1n) is 4.47. The van der Waals surface area contributed by atoms with Crippen LogP contribution < -0.4 is 0 Å². The van der Waals surface area contributed by atoms with E-state index in [0.29, 0.717) is 18.3 Å². The molecule has 1 aromatic rings. The maximum Gasteiger partial charge on any atom is 0.518 e. The number of benzene rings is 1. The summed E-state index contributed by atoms with van der Waals surface area (Å²) in [5, 5.41) is 0. The van der Waals surface area contributed by atoms with Crippen molar-refractivity contribution in [2.45, 2.75) is 11.7 Å². The zero-order valence-electron chi connectivity index (χ0n) is 8.83. The van der Waals surface area contributed by atoms with Crippen LogP contribution in [0.25, 0.3) is 0 Å². The molecule has 106 valence electrons. The van der Waals surface area contributed by atoms with Crippen molar-refractivity contribution in [1.82, 2.24) is 0 Å². The second-order valence-electron chi connectivity index (χ2n) is 3.28. The molecule has 0 radical (unpaired) electrons. The normalized spacial score (nSPS) is 14.0. The molecule has 0 heterocycles. The summed E-state index contributed by atoms with van der Waals surface area (Å²) in [5.41, 5.74) is -6.76. The first kappa shape index (κ1) is 15.5. The molecule has 0 fully saturated rings. The first-order chi connectivity index (χ1) is 8.43. The van der Waals surface area contributed by atoms with E-state index in [1.165, 1.54) is 0 Å². The van der Waals surface area contributed by atoms with Crippen molar-refractivity contribution in [2.24, 2.45) is 4.40 Å². The lowest BCUT2D eigenvalue weighted by molar-refractivity contribution is -0.137. The number of nitrogens with zero attached hydrogens (tertiary/aromatic N) is 1. The zero-order valence-corrected chi connectivity index (χ0v) is 9.64. The van der Waals surface area contributed by atoms with Gasteiger partial charge >= 0.3 is 21.7 Å². The fourth-order valence-corrected chi connectivity index (χ4v) is 1.33. The lowest BCUT2D eigenvalue weighted by Gasteiger charge is -2.06. The minimum Gasteiger partial charge on any atom is -0.195 e. The van der Waals surface area contributed by atoms with Crippen LogP contribution in [0.3, 0.4) is 0 Å². The number of rotatable bonds is 2. The smallest absolute Gasteiger partial charge is 0.195 e. The van der Waals surface area contributed by atoms with Crippen molar-refractivity contribution in [3.63, 3.8) is 0 Å². The van der Waals surface area contributed by atoms with E-state index in [2.05, 4.69) is 4.40 Å². The van der Waals surface area contributed by atoms with Crippen LogP contribution >= 0.6 is 0 Å². The average Bonchev–Trinajstić information content (AvgIpc) is 2.24. The van der Waals surface area contributed by atoms with E-state index in [-0.39, 0.29) is 5.56 Å². The van der Waals surface area contributed by atoms with E-state index in [1.807, 2.05) is 0 Å². The first-order valence-corrected chi connectivity index (χ1v) is 5.91. The van der Waals surface area contributed by atoms with Gasteiger partial charge in [0.2, 0.25) is 0 Å². The molecule has 0 atom stereocenters. The van der Waals surface area contributed by atoms with Gasteiger partial charge in [0.25, 0.3) is 0 Å². The van der Waals surface area contributed by atoms with Gasteiger partial charge in [-0.1, -0.05) is 12.1 Å². The molecule has 3 nitrogen and oxygen atoms in total. The van der Waals surface area contributed by atoms with Gasteiger partial charge in [-0.15, -0.1) is 0 Å². The van der Waals surface area contributed by atoms with Gasteiger partial charge in [0.1, 0.15) is 0 Å². The van der Waals surface area contributed by atoms with Gasteiger partial charge in [0, 0.05) is 6.21 Å². The fraction of sp³-hybridized carbons (Fsp3) is 0.222. The SMILES string of the molecule is O=S(=O)(/N=C/c1ccc(C(F)(F)F)cc1)C(F)(F)F. The van der Waals surface area contributed by atoms with Crippen molar-refractivity contribution in [1.29, 1.82) is 0 Å². The van der Waals surface area contributed by atoms with Gasteiger partial charge < -0.3 is 0 Å². The summed E-state index contributed by atoms with van der Waals surface area (Å²) in [6.07, 6.45) is -4.27. The highest BCUT2D eigenvalue weighted by atomic mass is 32.2. The van der Waals surface area contributed by atoms with Crippen LogP contribution in [0.1, 0.15) is 11.1 Å². The van der Waals surface area contributed by atoms with Crippen LogP contribution in [-0.2, 0) is 16.2 Å². The molecule has 10 heteroatoms. The average molecular weight is 305 g/mol. The van der Waals surface area contributed by atoms with Gasteiger partial charge in [0.15, 0.2) is 0 Å². The Morgan fingerprint density at radius 1 is 0.947 bits per heavy atom. The lowest BCUT2D eigenvalue weighted by atomic mass is 10.1. The number of hydrogen-bond donors (Lipinski definition) is 0. The van der Waals surface area contributed by atoms with Gasteiger partial charge in [-0.3, -0.25) is 0 Å². The summed E-state index contributed by atoms with van der Waals surface area (Å²) < 4.78 is 95.7. The molecule has 0 aliphatic carbocycles. The molecule has 1 aromatic carbocycles. The monoisotopic (exact) mass is 305 g/mol. The van der Waals surface area contributed by atoms with Crippen LogP contribution in [-0.4, -0.2) is 20.1 Å². The molecule has 1 rings (SSSR count). The largest absolute Gasteiger partial charge is 0.518 e. The van der Waals surface area contributed by atoms with Crippen molar-refractivity contribution >= 4 is 16.2 Å². The van der Waals surface area contributed by atoms with Crippen LogP contribution in [0.4, 0.5) is 26.3 Å². The number of alkyl halides is 6. The summed E-state index contributed by atoms with van der Waals surface area (Å²) in [6.45, 7) is 0. The maximum atomic E-state index is 12.2. The minimum absolute atomic E-state index is 0.208. The Hall–Kier alpha value is -1.58. The second kappa shape index (κ2) is 4.83. The number of hydrogen-bond acceptors (Lipinski definition) is 2. The van der Waals surface area contributed by atoms with Crippen LogP contribution in [0.15, 0.2) is 28.7 Å². The Morgan fingerprint density at radius 2 is 1.42 bits per heavy atom. The number of halogens is 6. The van der Waals surface area contributed by atoms with Crippen LogP contribution in [0.2, 0.25) is 0 Å². The summed E-state index contributed by atoms with van der Waals surface area (Å²) in [7, 11) is -5.69. The van der Waals surface area contributed by atoms with Crippen LogP contribution in [0.5, 0.6) is 0 Å². The molecule has 0 aliphatic rings. The quantitative estimate of drug-likeness (QED) is 0.623. The Labute approximate surface area is 103 Å². The Morgan fingerprint density at radius 3 is 1.79 bits per heavy atom. The van der Waals surface area contributed by atoms with Crippen molar-refractivity contribution in [3.8, 4) is 0 Å². The Bertz CT molecular complexity index is 570. The highest BCUT2D eigenvalue weighted by Gasteiger charge is 2.45. The highest BCUT2D eigenvalue weighted by Crippen LogP contribution is 2.29. The molecule has 0 aliphatic heterocycles. The Balaban J connectivity index is 2.97. The third kappa shape index (κ3) is 3.94. The molecule has 0 saturated heterocycles. The summed E-state index contributed by atoms with van der Waals surface area (Å²) in [4.78, 5) is 0. The summed E-state index contributed by atoms with van der Waals surface area (Å²) >= 11 is 0.